The first kappa shape index (κ1) is 14.1. The summed E-state index contributed by atoms with van der Waals surface area (Å²) in [5.41, 5.74) is 3.90. The molecule has 3 heteroatoms. The van der Waals surface area contributed by atoms with Crippen LogP contribution in [0.25, 0.3) is 0 Å². The summed E-state index contributed by atoms with van der Waals surface area (Å²) in [4.78, 5) is 2.46. The first-order valence-electron chi connectivity index (χ1n) is 7.48. The normalized spacial score (nSPS) is 18.7. The van der Waals surface area contributed by atoms with Crippen LogP contribution in [0.4, 0.5) is 5.69 Å². The van der Waals surface area contributed by atoms with Crippen LogP contribution in [0.3, 0.4) is 0 Å². The molecular formula is C18H22N2O. The Hall–Kier alpha value is -1.84. The van der Waals surface area contributed by atoms with E-state index in [4.69, 9.17) is 4.74 Å². The van der Waals surface area contributed by atoms with Crippen molar-refractivity contribution in [1.82, 2.24) is 5.32 Å². The molecule has 1 atom stereocenters. The number of hydrogen-bond donors (Lipinski definition) is 1. The van der Waals surface area contributed by atoms with Gasteiger partial charge in [0.1, 0.15) is 0 Å². The summed E-state index contributed by atoms with van der Waals surface area (Å²) in [6.45, 7) is 3.69. The molecule has 0 amide bonds. The Balaban J connectivity index is 1.80. The number of nitrogens with zero attached hydrogens (tertiary/aromatic N) is 1. The Morgan fingerprint density at radius 3 is 2.67 bits per heavy atom. The third kappa shape index (κ3) is 3.26. The summed E-state index contributed by atoms with van der Waals surface area (Å²) in [5.74, 6) is 0. The van der Waals surface area contributed by atoms with Gasteiger partial charge < -0.3 is 15.0 Å². The lowest BCUT2D eigenvalue weighted by molar-refractivity contribution is 0.185. The molecule has 1 fully saturated rings. The maximum absolute atomic E-state index is 5.33. The van der Waals surface area contributed by atoms with Crippen LogP contribution in [-0.2, 0) is 11.3 Å². The van der Waals surface area contributed by atoms with Crippen LogP contribution in [0.2, 0.25) is 0 Å². The molecule has 0 aliphatic carbocycles. The number of nitrogens with one attached hydrogen (secondary N) is 1. The van der Waals surface area contributed by atoms with E-state index in [0.717, 1.165) is 19.6 Å². The van der Waals surface area contributed by atoms with Crippen molar-refractivity contribution in [2.75, 3.05) is 31.6 Å². The molecule has 1 unspecified atom stereocenters. The van der Waals surface area contributed by atoms with Crippen LogP contribution in [0.5, 0.6) is 0 Å². The van der Waals surface area contributed by atoms with Crippen molar-refractivity contribution < 1.29 is 4.74 Å². The maximum atomic E-state index is 5.33. The minimum atomic E-state index is 0.385. The van der Waals surface area contributed by atoms with Gasteiger partial charge in [-0.25, -0.2) is 0 Å². The fourth-order valence-corrected chi connectivity index (χ4v) is 2.97. The molecule has 1 saturated heterocycles. The third-order valence-electron chi connectivity index (χ3n) is 4.01. The summed E-state index contributed by atoms with van der Waals surface area (Å²) in [5, 5.41) is 3.61. The largest absolute Gasteiger partial charge is 0.380 e. The first-order valence-corrected chi connectivity index (χ1v) is 7.48. The van der Waals surface area contributed by atoms with Crippen molar-refractivity contribution in [3.05, 3.63) is 65.7 Å². The van der Waals surface area contributed by atoms with Crippen LogP contribution < -0.4 is 10.2 Å². The van der Waals surface area contributed by atoms with Crippen LogP contribution in [0, 0.1) is 0 Å². The third-order valence-corrected chi connectivity index (χ3v) is 4.01. The summed E-state index contributed by atoms with van der Waals surface area (Å²) in [6, 6.07) is 19.6. The fraction of sp³-hybridized carbons (Fsp3) is 0.333. The Bertz CT molecular complexity index is 570. The van der Waals surface area contributed by atoms with Crippen LogP contribution in [-0.4, -0.2) is 26.7 Å². The highest BCUT2D eigenvalue weighted by Gasteiger charge is 2.22. The lowest BCUT2D eigenvalue weighted by atomic mass is 10.0. The molecule has 0 radical (unpaired) electrons. The van der Waals surface area contributed by atoms with E-state index in [0.29, 0.717) is 12.6 Å². The Labute approximate surface area is 126 Å². The Morgan fingerprint density at radius 1 is 1.10 bits per heavy atom. The number of anilines is 1. The van der Waals surface area contributed by atoms with Crippen molar-refractivity contribution in [3.8, 4) is 0 Å². The number of hydrogen-bond acceptors (Lipinski definition) is 3. The van der Waals surface area contributed by atoms with Crippen LogP contribution >= 0.6 is 0 Å². The lowest BCUT2D eigenvalue weighted by Crippen LogP contribution is -2.46. The van der Waals surface area contributed by atoms with E-state index < -0.39 is 0 Å². The summed E-state index contributed by atoms with van der Waals surface area (Å²) < 4.78 is 5.33. The monoisotopic (exact) mass is 282 g/mol. The molecule has 2 aromatic carbocycles. The van der Waals surface area contributed by atoms with Crippen molar-refractivity contribution >= 4 is 5.69 Å². The molecule has 110 valence electrons. The van der Waals surface area contributed by atoms with E-state index in [1.54, 1.807) is 7.11 Å². The highest BCUT2D eigenvalue weighted by molar-refractivity contribution is 5.54. The second-order valence-corrected chi connectivity index (χ2v) is 5.43. The molecule has 3 nitrogen and oxygen atoms in total. The van der Waals surface area contributed by atoms with E-state index >= 15 is 0 Å². The van der Waals surface area contributed by atoms with Gasteiger partial charge in [0, 0.05) is 44.0 Å². The predicted octanol–water partition coefficient (Wildman–Crippen LogP) is 2.98. The molecule has 0 bridgehead atoms. The van der Waals surface area contributed by atoms with Gasteiger partial charge in [0.25, 0.3) is 0 Å². The summed E-state index contributed by atoms with van der Waals surface area (Å²) in [6.07, 6.45) is 0. The van der Waals surface area contributed by atoms with Crippen LogP contribution in [0.15, 0.2) is 54.6 Å². The molecule has 2 aromatic rings. The predicted molar refractivity (Wildman–Crippen MR) is 86.6 cm³/mol. The van der Waals surface area contributed by atoms with E-state index in [2.05, 4.69) is 64.8 Å². The standard InChI is InChI=1S/C18H22N2O/c1-21-14-16-9-5-6-10-18(16)20-12-11-19-17(13-20)15-7-3-2-4-8-15/h2-10,17,19H,11-14H2,1H3. The van der Waals surface area contributed by atoms with Gasteiger partial charge in [-0.15, -0.1) is 0 Å². The van der Waals surface area contributed by atoms with Gasteiger partial charge >= 0.3 is 0 Å². The molecule has 0 saturated carbocycles. The second kappa shape index (κ2) is 6.74. The smallest absolute Gasteiger partial charge is 0.0733 e. The molecule has 1 N–H and O–H groups in total. The van der Waals surface area contributed by atoms with Crippen LogP contribution in [0.1, 0.15) is 17.2 Å². The highest BCUT2D eigenvalue weighted by atomic mass is 16.5. The molecule has 0 aromatic heterocycles. The molecule has 1 aliphatic heterocycles. The van der Waals surface area contributed by atoms with Gasteiger partial charge in [-0.05, 0) is 11.6 Å². The molecule has 1 aliphatic rings. The molecule has 3 rings (SSSR count). The minimum absolute atomic E-state index is 0.385. The van der Waals surface area contributed by atoms with E-state index in [1.807, 2.05) is 0 Å². The van der Waals surface area contributed by atoms with Gasteiger partial charge in [0.05, 0.1) is 6.61 Å². The molecule has 0 spiro atoms. The van der Waals surface area contributed by atoms with Gasteiger partial charge in [-0.1, -0.05) is 48.5 Å². The van der Waals surface area contributed by atoms with Crippen molar-refractivity contribution in [1.29, 1.82) is 0 Å². The highest BCUT2D eigenvalue weighted by Crippen LogP contribution is 2.26. The van der Waals surface area contributed by atoms with E-state index in [9.17, 15) is 0 Å². The van der Waals surface area contributed by atoms with E-state index in [1.165, 1.54) is 16.8 Å². The number of methoxy groups -OCH3 is 1. The van der Waals surface area contributed by atoms with Gasteiger partial charge in [-0.2, -0.15) is 0 Å². The lowest BCUT2D eigenvalue weighted by Gasteiger charge is -2.36. The fourth-order valence-electron chi connectivity index (χ4n) is 2.97. The van der Waals surface area contributed by atoms with Gasteiger partial charge in [0.15, 0.2) is 0 Å². The number of ether oxygens (including phenoxy) is 1. The number of piperazine rings is 1. The van der Waals surface area contributed by atoms with Crippen molar-refractivity contribution in [2.45, 2.75) is 12.6 Å². The van der Waals surface area contributed by atoms with E-state index in [-0.39, 0.29) is 0 Å². The van der Waals surface area contributed by atoms with Gasteiger partial charge in [-0.3, -0.25) is 0 Å². The molecule has 1 heterocycles. The van der Waals surface area contributed by atoms with Gasteiger partial charge in [0.2, 0.25) is 0 Å². The zero-order valence-corrected chi connectivity index (χ0v) is 12.5. The first-order chi connectivity index (χ1) is 10.4. The number of benzene rings is 2. The second-order valence-electron chi connectivity index (χ2n) is 5.43. The minimum Gasteiger partial charge on any atom is -0.380 e. The topological polar surface area (TPSA) is 24.5 Å². The zero-order valence-electron chi connectivity index (χ0n) is 12.5. The van der Waals surface area contributed by atoms with Crippen molar-refractivity contribution in [3.63, 3.8) is 0 Å². The average Bonchev–Trinajstić information content (AvgIpc) is 2.57. The molecule has 21 heavy (non-hydrogen) atoms. The number of rotatable bonds is 4. The maximum Gasteiger partial charge on any atom is 0.0733 e. The zero-order chi connectivity index (χ0) is 14.5. The van der Waals surface area contributed by atoms with Crippen molar-refractivity contribution in [2.24, 2.45) is 0 Å². The molecular weight excluding hydrogens is 260 g/mol. The quantitative estimate of drug-likeness (QED) is 0.933. The Morgan fingerprint density at radius 2 is 1.86 bits per heavy atom. The Kier molecular flexibility index (Phi) is 4.53. The SMILES string of the molecule is COCc1ccccc1N1CCNC(c2ccccc2)C1. The summed E-state index contributed by atoms with van der Waals surface area (Å²) >= 11 is 0. The average molecular weight is 282 g/mol. The number of para-hydroxylation sites is 1. The summed E-state index contributed by atoms with van der Waals surface area (Å²) in [7, 11) is 1.75.